The molecule has 1 aliphatic rings. The lowest BCUT2D eigenvalue weighted by Crippen LogP contribution is -2.53. The van der Waals surface area contributed by atoms with Crippen molar-refractivity contribution in [2.24, 2.45) is 0 Å². The van der Waals surface area contributed by atoms with E-state index in [-0.39, 0.29) is 17.7 Å². The third-order valence-electron chi connectivity index (χ3n) is 4.72. The van der Waals surface area contributed by atoms with Gasteiger partial charge in [-0.1, -0.05) is 5.16 Å². The van der Waals surface area contributed by atoms with Crippen molar-refractivity contribution in [2.75, 3.05) is 20.2 Å². The van der Waals surface area contributed by atoms with Crippen molar-refractivity contribution in [2.45, 2.75) is 45.6 Å². The number of methoxy groups -OCH3 is 1. The molecule has 2 aromatic heterocycles. The number of ether oxygens (including phenoxy) is 1. The highest BCUT2D eigenvalue weighted by molar-refractivity contribution is 5.91. The van der Waals surface area contributed by atoms with Gasteiger partial charge in [-0.3, -0.25) is 9.69 Å². The highest BCUT2D eigenvalue weighted by Crippen LogP contribution is 2.19. The van der Waals surface area contributed by atoms with Crippen LogP contribution in [0.25, 0.3) is 0 Å². The zero-order valence-corrected chi connectivity index (χ0v) is 15.3. The van der Waals surface area contributed by atoms with E-state index in [4.69, 9.17) is 13.7 Å². The van der Waals surface area contributed by atoms with Crippen LogP contribution >= 0.6 is 0 Å². The first-order valence-corrected chi connectivity index (χ1v) is 8.68. The van der Waals surface area contributed by atoms with Crippen LogP contribution in [0.4, 0.5) is 0 Å². The molecular formula is C18H25N3O5. The quantitative estimate of drug-likeness (QED) is 0.800. The Morgan fingerprint density at radius 2 is 2.27 bits per heavy atom. The van der Waals surface area contributed by atoms with E-state index in [0.717, 1.165) is 23.6 Å². The van der Waals surface area contributed by atoms with Gasteiger partial charge in [0, 0.05) is 32.3 Å². The van der Waals surface area contributed by atoms with Gasteiger partial charge >= 0.3 is 0 Å². The molecule has 2 N–H and O–H groups in total. The second kappa shape index (κ2) is 8.03. The predicted molar refractivity (Wildman–Crippen MR) is 92.6 cm³/mol. The van der Waals surface area contributed by atoms with Crippen LogP contribution in [0.5, 0.6) is 0 Å². The molecule has 1 aliphatic heterocycles. The molecular weight excluding hydrogens is 338 g/mol. The van der Waals surface area contributed by atoms with Gasteiger partial charge in [-0.2, -0.15) is 0 Å². The van der Waals surface area contributed by atoms with Crippen molar-refractivity contribution < 1.29 is 23.6 Å². The lowest BCUT2D eigenvalue weighted by atomic mass is 10.0. The monoisotopic (exact) mass is 363 g/mol. The van der Waals surface area contributed by atoms with Gasteiger partial charge < -0.3 is 24.1 Å². The predicted octanol–water partition coefficient (Wildman–Crippen LogP) is 1.40. The minimum atomic E-state index is -0.651. The summed E-state index contributed by atoms with van der Waals surface area (Å²) in [5, 5.41) is 17.3. The molecule has 0 radical (unpaired) electrons. The van der Waals surface area contributed by atoms with E-state index in [0.29, 0.717) is 31.9 Å². The van der Waals surface area contributed by atoms with Gasteiger partial charge in [-0.05, 0) is 32.4 Å². The van der Waals surface area contributed by atoms with Gasteiger partial charge in [-0.25, -0.2) is 0 Å². The highest BCUT2D eigenvalue weighted by atomic mass is 16.5. The zero-order chi connectivity index (χ0) is 18.7. The van der Waals surface area contributed by atoms with Crippen LogP contribution in [0.2, 0.25) is 0 Å². The van der Waals surface area contributed by atoms with E-state index in [9.17, 15) is 9.90 Å². The molecule has 3 heterocycles. The van der Waals surface area contributed by atoms with Gasteiger partial charge in [0.05, 0.1) is 17.8 Å². The summed E-state index contributed by atoms with van der Waals surface area (Å²) in [4.78, 5) is 14.5. The number of hydrogen-bond donors (Lipinski definition) is 2. The maximum absolute atomic E-state index is 12.3. The lowest BCUT2D eigenvalue weighted by molar-refractivity contribution is 0.0340. The maximum atomic E-state index is 12.3. The minimum absolute atomic E-state index is 0.224. The zero-order valence-electron chi connectivity index (χ0n) is 15.3. The normalized spacial score (nSPS) is 21.1. The number of furan rings is 1. The first kappa shape index (κ1) is 18.6. The average molecular weight is 363 g/mol. The molecule has 1 saturated heterocycles. The van der Waals surface area contributed by atoms with Gasteiger partial charge in [-0.15, -0.1) is 0 Å². The molecule has 1 fully saturated rings. The number of hydrogen-bond acceptors (Lipinski definition) is 7. The third kappa shape index (κ3) is 4.14. The van der Waals surface area contributed by atoms with E-state index in [1.165, 1.54) is 0 Å². The van der Waals surface area contributed by atoms with Crippen LogP contribution in [0.15, 0.2) is 21.1 Å². The second-order valence-corrected chi connectivity index (χ2v) is 6.67. The molecule has 2 aromatic rings. The van der Waals surface area contributed by atoms with Crippen molar-refractivity contribution in [3.8, 4) is 0 Å². The summed E-state index contributed by atoms with van der Waals surface area (Å²) in [6.45, 7) is 6.03. The highest BCUT2D eigenvalue weighted by Gasteiger charge is 2.30. The number of β-amino-alcohol motifs (C(OH)–C–C–N with tert-alkyl or cyclic N) is 1. The molecule has 142 valence electrons. The number of aryl methyl sites for hydroxylation is 2. The molecule has 3 rings (SSSR count). The van der Waals surface area contributed by atoms with Crippen LogP contribution in [-0.4, -0.2) is 53.4 Å². The first-order valence-electron chi connectivity index (χ1n) is 8.68. The number of aliphatic hydroxyl groups excluding tert-OH is 1. The molecule has 0 saturated carbocycles. The maximum Gasteiger partial charge on any atom is 0.287 e. The number of aromatic nitrogens is 1. The van der Waals surface area contributed by atoms with Crippen molar-refractivity contribution in [1.29, 1.82) is 0 Å². The Labute approximate surface area is 152 Å². The largest absolute Gasteiger partial charge is 0.453 e. The van der Waals surface area contributed by atoms with Crippen LogP contribution in [0.3, 0.4) is 0 Å². The fourth-order valence-corrected chi connectivity index (χ4v) is 3.22. The molecule has 26 heavy (non-hydrogen) atoms. The summed E-state index contributed by atoms with van der Waals surface area (Å²) in [6.07, 6.45) is 0.00337. The van der Waals surface area contributed by atoms with Crippen LogP contribution in [0.1, 0.15) is 39.8 Å². The Hall–Kier alpha value is -2.16. The summed E-state index contributed by atoms with van der Waals surface area (Å²) in [5.41, 5.74) is 1.93. The number of amides is 1. The Morgan fingerprint density at radius 3 is 2.92 bits per heavy atom. The molecule has 0 spiro atoms. The van der Waals surface area contributed by atoms with Crippen molar-refractivity contribution in [3.05, 3.63) is 40.7 Å². The molecule has 2 atom stereocenters. The number of aliphatic hydroxyl groups is 1. The van der Waals surface area contributed by atoms with Crippen molar-refractivity contribution in [1.82, 2.24) is 15.4 Å². The lowest BCUT2D eigenvalue weighted by Gasteiger charge is -2.36. The molecule has 0 unspecified atom stereocenters. The van der Waals surface area contributed by atoms with Gasteiger partial charge in [0.25, 0.3) is 5.91 Å². The first-order chi connectivity index (χ1) is 12.5. The van der Waals surface area contributed by atoms with E-state index in [2.05, 4.69) is 15.4 Å². The molecule has 0 bridgehead atoms. The van der Waals surface area contributed by atoms with Gasteiger partial charge in [0.15, 0.2) is 5.76 Å². The molecule has 8 nitrogen and oxygen atoms in total. The van der Waals surface area contributed by atoms with Gasteiger partial charge in [0.2, 0.25) is 0 Å². The summed E-state index contributed by atoms with van der Waals surface area (Å²) in [7, 11) is 1.56. The summed E-state index contributed by atoms with van der Waals surface area (Å²) in [6, 6.07) is 3.02. The smallest absolute Gasteiger partial charge is 0.287 e. The van der Waals surface area contributed by atoms with Crippen molar-refractivity contribution in [3.63, 3.8) is 0 Å². The number of piperidine rings is 1. The number of rotatable bonds is 6. The molecule has 8 heteroatoms. The fourth-order valence-electron chi connectivity index (χ4n) is 3.22. The minimum Gasteiger partial charge on any atom is -0.453 e. The SMILES string of the molecule is COCc1ccc(C(=O)N[C@@H]2CCN(Cc3c(C)noc3C)C[C@H]2O)o1. The summed E-state index contributed by atoms with van der Waals surface area (Å²) >= 11 is 0. The fraction of sp³-hybridized carbons (Fsp3) is 0.556. The number of carbonyl (C=O) groups is 1. The van der Waals surface area contributed by atoms with E-state index < -0.39 is 6.10 Å². The van der Waals surface area contributed by atoms with Crippen LogP contribution in [-0.2, 0) is 17.9 Å². The number of carbonyl (C=O) groups excluding carboxylic acids is 1. The van der Waals surface area contributed by atoms with E-state index in [1.54, 1.807) is 19.2 Å². The topological polar surface area (TPSA) is 101 Å². The van der Waals surface area contributed by atoms with Crippen LogP contribution < -0.4 is 5.32 Å². The molecule has 1 amide bonds. The summed E-state index contributed by atoms with van der Waals surface area (Å²) < 4.78 is 15.6. The Balaban J connectivity index is 1.54. The molecule has 0 aliphatic carbocycles. The second-order valence-electron chi connectivity index (χ2n) is 6.67. The Morgan fingerprint density at radius 1 is 1.46 bits per heavy atom. The average Bonchev–Trinajstić information content (AvgIpc) is 3.20. The van der Waals surface area contributed by atoms with Crippen LogP contribution in [0, 0.1) is 13.8 Å². The van der Waals surface area contributed by atoms with Gasteiger partial charge in [0.1, 0.15) is 18.1 Å². The van der Waals surface area contributed by atoms with Crippen molar-refractivity contribution >= 4 is 5.91 Å². The number of nitrogens with zero attached hydrogens (tertiary/aromatic N) is 2. The number of nitrogens with one attached hydrogen (secondary N) is 1. The number of likely N-dealkylation sites (tertiary alicyclic amines) is 1. The standard InChI is InChI=1S/C18H25N3O5/c1-11-14(12(2)26-20-11)8-21-7-6-15(16(22)9-21)19-18(23)17-5-4-13(25-17)10-24-3/h4-5,15-16,22H,6-10H2,1-3H3,(H,19,23)/t15-,16-/m1/s1. The Bertz CT molecular complexity index is 734. The van der Waals surface area contributed by atoms with E-state index in [1.807, 2.05) is 13.8 Å². The third-order valence-corrected chi connectivity index (χ3v) is 4.72. The van der Waals surface area contributed by atoms with E-state index >= 15 is 0 Å². The Kier molecular flexibility index (Phi) is 5.75. The molecule has 0 aromatic carbocycles. The summed E-state index contributed by atoms with van der Waals surface area (Å²) in [5.74, 6) is 1.29.